The largest absolute Gasteiger partial charge is 0.275 e. The zero-order valence-corrected chi connectivity index (χ0v) is 23.3. The van der Waals surface area contributed by atoms with Crippen LogP contribution >= 0.6 is 0 Å². The van der Waals surface area contributed by atoms with Crippen LogP contribution in [0.2, 0.25) is 0 Å². The van der Waals surface area contributed by atoms with Crippen molar-refractivity contribution in [2.75, 3.05) is 0 Å². The molecular weight excluding hydrogens is 500 g/mol. The minimum Gasteiger partial charge on any atom is -0.275 e. The van der Waals surface area contributed by atoms with E-state index >= 15 is 0 Å². The Morgan fingerprint density at radius 1 is 0.750 bits per heavy atom. The molecule has 3 aromatic carbocycles. The molecule has 6 heteroatoms. The van der Waals surface area contributed by atoms with E-state index in [0.717, 1.165) is 56.6 Å². The first kappa shape index (κ1) is 24.9. The average molecular weight is 533 g/mol. The summed E-state index contributed by atoms with van der Waals surface area (Å²) < 4.78 is 0. The molecule has 4 aliphatic rings. The molecular formula is C34H32N2O4. The van der Waals surface area contributed by atoms with Gasteiger partial charge in [-0.2, -0.15) is 0 Å². The van der Waals surface area contributed by atoms with Gasteiger partial charge < -0.3 is 0 Å². The van der Waals surface area contributed by atoms with Crippen LogP contribution in [0, 0.1) is 0 Å². The molecule has 7 rings (SSSR count). The van der Waals surface area contributed by atoms with Gasteiger partial charge in [0.1, 0.15) is 0 Å². The Morgan fingerprint density at radius 3 is 2.02 bits per heavy atom. The zero-order chi connectivity index (χ0) is 28.0. The van der Waals surface area contributed by atoms with Gasteiger partial charge in [-0.3, -0.25) is 29.0 Å². The summed E-state index contributed by atoms with van der Waals surface area (Å²) in [7, 11) is 0. The molecule has 1 unspecified atom stereocenters. The molecule has 0 bridgehead atoms. The van der Waals surface area contributed by atoms with Crippen LogP contribution < -0.4 is 0 Å². The first-order valence-electron chi connectivity index (χ1n) is 14.6. The van der Waals surface area contributed by atoms with Gasteiger partial charge in [0.25, 0.3) is 17.7 Å². The molecule has 0 aromatic heterocycles. The maximum absolute atomic E-state index is 13.8. The Balaban J connectivity index is 1.51. The third-order valence-electron chi connectivity index (χ3n) is 9.65. The predicted molar refractivity (Wildman–Crippen MR) is 156 cm³/mol. The SMILES string of the molecule is CCC(CC)N1C(=O)C2=CCc3c4c5c6c(ccc5c5ccc(c2c35)C1=O)C(=O)N(C(CC)CC)C(=O)C6C=C4. The summed E-state index contributed by atoms with van der Waals surface area (Å²) in [6.07, 6.45) is 9.35. The van der Waals surface area contributed by atoms with Gasteiger partial charge in [0.05, 0.1) is 5.92 Å². The number of carbonyl (C=O) groups excluding carboxylic acids is 4. The fourth-order valence-electron chi connectivity index (χ4n) is 7.64. The van der Waals surface area contributed by atoms with Crippen LogP contribution in [0.4, 0.5) is 0 Å². The number of nitrogens with zero attached hydrogens (tertiary/aromatic N) is 2. The van der Waals surface area contributed by atoms with Crippen molar-refractivity contribution in [3.05, 3.63) is 69.8 Å². The fourth-order valence-corrected chi connectivity index (χ4v) is 7.64. The summed E-state index contributed by atoms with van der Waals surface area (Å²) in [5.41, 5.74) is 5.33. The highest BCUT2D eigenvalue weighted by atomic mass is 16.2. The van der Waals surface area contributed by atoms with Crippen LogP contribution in [0.1, 0.15) is 102 Å². The molecule has 2 aliphatic carbocycles. The number of benzene rings is 3. The summed E-state index contributed by atoms with van der Waals surface area (Å²) in [4.78, 5) is 57.9. The molecule has 2 heterocycles. The molecule has 0 spiro atoms. The van der Waals surface area contributed by atoms with Crippen molar-refractivity contribution in [1.29, 1.82) is 0 Å². The molecule has 0 saturated carbocycles. The average Bonchev–Trinajstić information content (AvgIpc) is 2.98. The van der Waals surface area contributed by atoms with Crippen LogP contribution in [0.3, 0.4) is 0 Å². The van der Waals surface area contributed by atoms with Crippen LogP contribution in [0.15, 0.2) is 36.4 Å². The zero-order valence-electron chi connectivity index (χ0n) is 23.3. The molecule has 0 fully saturated rings. The number of allylic oxidation sites excluding steroid dienone is 1. The number of fused-ring (bicyclic) bond motifs is 2. The molecule has 0 radical (unpaired) electrons. The second-order valence-electron chi connectivity index (χ2n) is 11.3. The van der Waals surface area contributed by atoms with E-state index in [0.29, 0.717) is 36.0 Å². The topological polar surface area (TPSA) is 74.8 Å². The van der Waals surface area contributed by atoms with E-state index in [1.54, 1.807) is 0 Å². The highest BCUT2D eigenvalue weighted by Crippen LogP contribution is 2.50. The number of hydrogen-bond donors (Lipinski definition) is 0. The molecule has 40 heavy (non-hydrogen) atoms. The van der Waals surface area contributed by atoms with Crippen LogP contribution in [-0.4, -0.2) is 45.5 Å². The van der Waals surface area contributed by atoms with E-state index < -0.39 is 5.92 Å². The van der Waals surface area contributed by atoms with Crippen LogP contribution in [0.25, 0.3) is 33.2 Å². The first-order valence-corrected chi connectivity index (χ1v) is 14.6. The number of imide groups is 2. The van der Waals surface area contributed by atoms with Crippen molar-refractivity contribution in [3.63, 3.8) is 0 Å². The maximum Gasteiger partial charge on any atom is 0.261 e. The van der Waals surface area contributed by atoms with Gasteiger partial charge >= 0.3 is 0 Å². The number of hydrogen-bond acceptors (Lipinski definition) is 4. The van der Waals surface area contributed by atoms with E-state index in [-0.39, 0.29) is 35.7 Å². The second-order valence-corrected chi connectivity index (χ2v) is 11.3. The van der Waals surface area contributed by atoms with Crippen molar-refractivity contribution in [2.24, 2.45) is 0 Å². The van der Waals surface area contributed by atoms with E-state index in [4.69, 9.17) is 0 Å². The molecule has 1 atom stereocenters. The molecule has 3 aromatic rings. The Bertz CT molecular complexity index is 1760. The van der Waals surface area contributed by atoms with Crippen LogP contribution in [-0.2, 0) is 16.0 Å². The number of rotatable bonds is 6. The third-order valence-corrected chi connectivity index (χ3v) is 9.65. The predicted octanol–water partition coefficient (Wildman–Crippen LogP) is 6.38. The Kier molecular flexibility index (Phi) is 5.44. The number of carbonyl (C=O) groups is 4. The summed E-state index contributed by atoms with van der Waals surface area (Å²) >= 11 is 0. The van der Waals surface area contributed by atoms with Gasteiger partial charge in [-0.05, 0) is 82.5 Å². The smallest absolute Gasteiger partial charge is 0.261 e. The molecule has 4 amide bonds. The summed E-state index contributed by atoms with van der Waals surface area (Å²) in [6.45, 7) is 8.04. The minimum absolute atomic E-state index is 0.124. The summed E-state index contributed by atoms with van der Waals surface area (Å²) in [5, 5.41) is 3.79. The Hall–Kier alpha value is -4.06. The monoisotopic (exact) mass is 532 g/mol. The van der Waals surface area contributed by atoms with Crippen molar-refractivity contribution in [3.8, 4) is 0 Å². The Labute approximate surface area is 233 Å². The van der Waals surface area contributed by atoms with Crippen molar-refractivity contribution < 1.29 is 19.2 Å². The highest BCUT2D eigenvalue weighted by molar-refractivity contribution is 6.36. The maximum atomic E-state index is 13.8. The van der Waals surface area contributed by atoms with Gasteiger partial charge in [-0.15, -0.1) is 0 Å². The molecule has 0 saturated heterocycles. The fraction of sp³-hybridized carbons (Fsp3) is 0.353. The minimum atomic E-state index is -0.502. The van der Waals surface area contributed by atoms with E-state index in [1.807, 2.05) is 70.2 Å². The lowest BCUT2D eigenvalue weighted by atomic mass is 9.73. The van der Waals surface area contributed by atoms with Gasteiger partial charge in [0.15, 0.2) is 0 Å². The van der Waals surface area contributed by atoms with E-state index in [9.17, 15) is 19.2 Å². The van der Waals surface area contributed by atoms with Gasteiger partial charge in [0.2, 0.25) is 5.91 Å². The highest BCUT2D eigenvalue weighted by Gasteiger charge is 2.44. The van der Waals surface area contributed by atoms with Gasteiger partial charge in [0, 0.05) is 34.3 Å². The Morgan fingerprint density at radius 2 is 1.35 bits per heavy atom. The van der Waals surface area contributed by atoms with Crippen molar-refractivity contribution >= 4 is 56.8 Å². The first-order chi connectivity index (χ1) is 19.4. The quantitative estimate of drug-likeness (QED) is 0.273. The molecule has 0 N–H and O–H groups in total. The third kappa shape index (κ3) is 2.94. The molecule has 202 valence electrons. The molecule has 6 nitrogen and oxygen atoms in total. The molecule has 2 aliphatic heterocycles. The standard InChI is InChI=1S/C34H32N2O4/c1-5-17(6-2)35-31(37)23-13-9-19-21-11-15-25-30-26(34(40)36(33(25)39)18(7-3)8-4)16-12-22(28(21)30)20-10-14-24(32(35)38)29(23)27(19)20/h9-11,13-18,24H,5-8,12H2,1-4H3. The van der Waals surface area contributed by atoms with E-state index in [2.05, 4.69) is 0 Å². The van der Waals surface area contributed by atoms with Crippen LogP contribution in [0.5, 0.6) is 0 Å². The van der Waals surface area contributed by atoms with Gasteiger partial charge in [-0.25, -0.2) is 0 Å². The lowest BCUT2D eigenvalue weighted by molar-refractivity contribution is -0.131. The summed E-state index contributed by atoms with van der Waals surface area (Å²) in [6, 6.07) is 7.43. The van der Waals surface area contributed by atoms with E-state index in [1.165, 1.54) is 9.80 Å². The van der Waals surface area contributed by atoms with Crippen molar-refractivity contribution in [1.82, 2.24) is 9.80 Å². The van der Waals surface area contributed by atoms with Crippen molar-refractivity contribution in [2.45, 2.75) is 77.8 Å². The lowest BCUT2D eigenvalue weighted by Gasteiger charge is -2.39. The summed E-state index contributed by atoms with van der Waals surface area (Å²) in [5.74, 6) is -1.31. The lowest BCUT2D eigenvalue weighted by Crippen LogP contribution is -2.50. The normalized spacial score (nSPS) is 19.1. The second kappa shape index (κ2) is 8.72. The number of amides is 4. The van der Waals surface area contributed by atoms with Gasteiger partial charge in [-0.1, -0.05) is 58.1 Å².